The summed E-state index contributed by atoms with van der Waals surface area (Å²) in [7, 11) is 0. The van der Waals surface area contributed by atoms with Gasteiger partial charge >= 0.3 is 0 Å². The Balaban J connectivity index is 2.59. The minimum atomic E-state index is -0.398. The summed E-state index contributed by atoms with van der Waals surface area (Å²) in [5, 5.41) is 0.405. The Labute approximate surface area is 95.3 Å². The maximum atomic E-state index is 5.90. The van der Waals surface area contributed by atoms with Crippen LogP contribution in [0.5, 0.6) is 5.88 Å². The third kappa shape index (κ3) is 1.53. The molecular weight excluding hydrogens is 267 g/mol. The quantitative estimate of drug-likeness (QED) is 0.683. The summed E-state index contributed by atoms with van der Waals surface area (Å²) in [5.74, 6) is 0.526. The van der Waals surface area contributed by atoms with Crippen LogP contribution in [0.1, 0.15) is 19.4 Å². The Kier molecular flexibility index (Phi) is 2.27. The first kappa shape index (κ1) is 9.93. The fourth-order valence-electron chi connectivity index (χ4n) is 1.15. The molecule has 0 saturated heterocycles. The van der Waals surface area contributed by atoms with Crippen LogP contribution in [0.2, 0.25) is 5.15 Å². The number of hydrogen-bond acceptors (Lipinski definition) is 3. The van der Waals surface area contributed by atoms with Crippen molar-refractivity contribution in [3.05, 3.63) is 21.5 Å². The molecule has 0 bridgehead atoms. The van der Waals surface area contributed by atoms with Crippen molar-refractivity contribution in [1.29, 1.82) is 0 Å². The van der Waals surface area contributed by atoms with E-state index >= 15 is 0 Å². The van der Waals surface area contributed by atoms with Crippen LogP contribution >= 0.6 is 27.5 Å². The topological polar surface area (TPSA) is 35.0 Å². The lowest BCUT2D eigenvalue weighted by Gasteiger charge is -2.30. The smallest absolute Gasteiger partial charge is 0.226 e. The molecule has 5 heteroatoms. The summed E-state index contributed by atoms with van der Waals surface area (Å²) >= 11 is 9.34. The van der Waals surface area contributed by atoms with Crippen LogP contribution in [0, 0.1) is 0 Å². The second kappa shape index (κ2) is 3.21. The number of fused-ring (bicyclic) bond motifs is 1. The third-order valence-corrected chi connectivity index (χ3v) is 3.48. The molecule has 0 atom stereocenters. The van der Waals surface area contributed by atoms with E-state index in [0.29, 0.717) is 11.0 Å². The molecule has 14 heavy (non-hydrogen) atoms. The van der Waals surface area contributed by atoms with Crippen LogP contribution in [0.25, 0.3) is 6.08 Å². The third-order valence-electron chi connectivity index (χ3n) is 2.00. The van der Waals surface area contributed by atoms with Crippen LogP contribution in [0.15, 0.2) is 10.8 Å². The molecule has 0 N–H and O–H groups in total. The highest BCUT2D eigenvalue weighted by molar-refractivity contribution is 9.11. The van der Waals surface area contributed by atoms with Crippen LogP contribution in [0.3, 0.4) is 0 Å². The van der Waals surface area contributed by atoms with E-state index in [1.165, 1.54) is 6.33 Å². The molecule has 0 amide bonds. The normalized spacial score (nSPS) is 18.1. The molecule has 0 aromatic carbocycles. The molecule has 1 aromatic rings. The molecule has 2 rings (SSSR count). The minimum Gasteiger partial charge on any atom is -0.466 e. The van der Waals surface area contributed by atoms with Crippen molar-refractivity contribution in [3.63, 3.8) is 0 Å². The van der Waals surface area contributed by atoms with Crippen LogP contribution in [-0.4, -0.2) is 15.6 Å². The summed E-state index contributed by atoms with van der Waals surface area (Å²) in [4.78, 5) is 7.91. The second-order valence-corrected chi connectivity index (χ2v) is 4.70. The van der Waals surface area contributed by atoms with E-state index in [1.807, 2.05) is 19.9 Å². The van der Waals surface area contributed by atoms with Crippen molar-refractivity contribution < 1.29 is 4.74 Å². The molecule has 0 saturated carbocycles. The van der Waals surface area contributed by atoms with Gasteiger partial charge in [0.05, 0.1) is 5.56 Å². The van der Waals surface area contributed by atoms with Crippen molar-refractivity contribution in [1.82, 2.24) is 9.97 Å². The Bertz CT molecular complexity index is 417. The van der Waals surface area contributed by atoms with Gasteiger partial charge in [0, 0.05) is 4.48 Å². The van der Waals surface area contributed by atoms with Crippen molar-refractivity contribution >= 4 is 33.6 Å². The zero-order chi connectivity index (χ0) is 10.3. The predicted octanol–water partition coefficient (Wildman–Crippen LogP) is 3.04. The molecule has 1 aliphatic rings. The first-order valence-electron chi connectivity index (χ1n) is 4.08. The van der Waals surface area contributed by atoms with Gasteiger partial charge in [0.15, 0.2) is 0 Å². The van der Waals surface area contributed by atoms with E-state index in [-0.39, 0.29) is 0 Å². The van der Waals surface area contributed by atoms with E-state index in [4.69, 9.17) is 16.3 Å². The van der Waals surface area contributed by atoms with Crippen molar-refractivity contribution in [3.8, 4) is 5.88 Å². The van der Waals surface area contributed by atoms with Crippen LogP contribution < -0.4 is 4.74 Å². The largest absolute Gasteiger partial charge is 0.466 e. The standard InChI is InChI=1S/C9H8BrClN2O/c1-9(2)6(10)3-5-7(11)12-4-13-8(5)14-9/h3-4H,1-2H3. The molecule has 1 aliphatic heterocycles. The zero-order valence-corrected chi connectivity index (χ0v) is 10.1. The predicted molar refractivity (Wildman–Crippen MR) is 58.7 cm³/mol. The highest BCUT2D eigenvalue weighted by Crippen LogP contribution is 2.38. The van der Waals surface area contributed by atoms with E-state index in [0.717, 1.165) is 10.0 Å². The van der Waals surface area contributed by atoms with Gasteiger partial charge in [-0.1, -0.05) is 27.5 Å². The lowest BCUT2D eigenvalue weighted by atomic mass is 10.1. The average Bonchev–Trinajstić information content (AvgIpc) is 2.08. The molecule has 2 heterocycles. The van der Waals surface area contributed by atoms with Gasteiger partial charge in [-0.2, -0.15) is 0 Å². The summed E-state index contributed by atoms with van der Waals surface area (Å²) in [6, 6.07) is 0. The average molecular weight is 276 g/mol. The molecule has 3 nitrogen and oxygen atoms in total. The summed E-state index contributed by atoms with van der Waals surface area (Å²) in [5.41, 5.74) is 0.324. The Hall–Kier alpha value is -0.610. The monoisotopic (exact) mass is 274 g/mol. The number of hydrogen-bond donors (Lipinski definition) is 0. The summed E-state index contributed by atoms with van der Waals surface area (Å²) < 4.78 is 6.59. The molecule has 0 fully saturated rings. The van der Waals surface area contributed by atoms with Gasteiger partial charge in [-0.25, -0.2) is 9.97 Å². The van der Waals surface area contributed by atoms with Gasteiger partial charge in [-0.15, -0.1) is 0 Å². The number of ether oxygens (including phenoxy) is 1. The minimum absolute atomic E-state index is 0.398. The lowest BCUT2D eigenvalue weighted by Crippen LogP contribution is -2.31. The van der Waals surface area contributed by atoms with Gasteiger partial charge < -0.3 is 4.74 Å². The second-order valence-electron chi connectivity index (χ2n) is 3.49. The molecule has 0 spiro atoms. The van der Waals surface area contributed by atoms with Gasteiger partial charge in [0.25, 0.3) is 0 Å². The van der Waals surface area contributed by atoms with Gasteiger partial charge in [0.1, 0.15) is 17.1 Å². The fourth-order valence-corrected chi connectivity index (χ4v) is 1.64. The fraction of sp³-hybridized carbons (Fsp3) is 0.333. The van der Waals surface area contributed by atoms with E-state index in [1.54, 1.807) is 0 Å². The van der Waals surface area contributed by atoms with Crippen molar-refractivity contribution in [2.45, 2.75) is 19.4 Å². The first-order valence-corrected chi connectivity index (χ1v) is 5.25. The Morgan fingerprint density at radius 3 is 2.86 bits per heavy atom. The molecule has 1 aromatic heterocycles. The summed E-state index contributed by atoms with van der Waals surface area (Å²) in [6.07, 6.45) is 3.28. The van der Waals surface area contributed by atoms with Crippen molar-refractivity contribution in [2.75, 3.05) is 0 Å². The Morgan fingerprint density at radius 1 is 1.43 bits per heavy atom. The number of aromatic nitrogens is 2. The maximum Gasteiger partial charge on any atom is 0.226 e. The Morgan fingerprint density at radius 2 is 2.14 bits per heavy atom. The highest BCUT2D eigenvalue weighted by atomic mass is 79.9. The van der Waals surface area contributed by atoms with Crippen molar-refractivity contribution in [2.24, 2.45) is 0 Å². The molecule has 0 radical (unpaired) electrons. The maximum absolute atomic E-state index is 5.90. The van der Waals surface area contributed by atoms with Crippen LogP contribution in [0.4, 0.5) is 0 Å². The molecular formula is C9H8BrClN2O. The number of rotatable bonds is 0. The summed E-state index contributed by atoms with van der Waals surface area (Å²) in [6.45, 7) is 3.90. The lowest BCUT2D eigenvalue weighted by molar-refractivity contribution is 0.148. The van der Waals surface area contributed by atoms with E-state index < -0.39 is 5.60 Å². The molecule has 0 unspecified atom stereocenters. The first-order chi connectivity index (χ1) is 6.50. The zero-order valence-electron chi connectivity index (χ0n) is 7.71. The van der Waals surface area contributed by atoms with Gasteiger partial charge in [-0.3, -0.25) is 0 Å². The van der Waals surface area contributed by atoms with E-state index in [9.17, 15) is 0 Å². The molecule has 74 valence electrons. The number of halogens is 2. The highest BCUT2D eigenvalue weighted by Gasteiger charge is 2.30. The molecule has 0 aliphatic carbocycles. The SMILES string of the molecule is CC1(C)Oc2ncnc(Cl)c2C=C1Br. The van der Waals surface area contributed by atoms with Gasteiger partial charge in [0.2, 0.25) is 5.88 Å². The number of nitrogens with zero attached hydrogens (tertiary/aromatic N) is 2. The van der Waals surface area contributed by atoms with Gasteiger partial charge in [-0.05, 0) is 19.9 Å². The van der Waals surface area contributed by atoms with Crippen LogP contribution in [-0.2, 0) is 0 Å². The van der Waals surface area contributed by atoms with E-state index in [2.05, 4.69) is 25.9 Å².